The van der Waals surface area contributed by atoms with Gasteiger partial charge in [0.15, 0.2) is 0 Å². The predicted molar refractivity (Wildman–Crippen MR) is 186 cm³/mol. The molecule has 1 aliphatic rings. The van der Waals surface area contributed by atoms with E-state index in [1.807, 2.05) is 30.3 Å². The minimum atomic E-state index is -0.378. The average molecular weight is 720 g/mol. The van der Waals surface area contributed by atoms with E-state index < -0.39 is 0 Å². The summed E-state index contributed by atoms with van der Waals surface area (Å²) in [6.07, 6.45) is 9.36. The number of hydrogen-bond acceptors (Lipinski definition) is 7. The number of nitrogens with one attached hydrogen (secondary N) is 2. The molecule has 0 unspecified atom stereocenters. The number of halogens is 3. The maximum Gasteiger partial charge on any atom is 0.338 e. The van der Waals surface area contributed by atoms with Crippen molar-refractivity contribution in [3.8, 4) is 0 Å². The highest BCUT2D eigenvalue weighted by atomic mass is 79.9. The molecule has 1 aliphatic carbocycles. The summed E-state index contributed by atoms with van der Waals surface area (Å²) in [5, 5.41) is 7.96. The van der Waals surface area contributed by atoms with E-state index in [2.05, 4.69) is 33.5 Å². The zero-order chi connectivity index (χ0) is 32.2. The SMILES string of the molecule is CCC1(NCc2cc(C(=O)OCCCCCOC(=O)Cc3ccccc3Nc3c(Cl)cccc3Cl)cc(Br)c2N)CCCCC1. The number of esters is 2. The van der Waals surface area contributed by atoms with E-state index in [0.717, 1.165) is 42.5 Å². The number of carbonyl (C=O) groups excluding carboxylic acids is 2. The maximum atomic E-state index is 12.8. The third kappa shape index (κ3) is 10.1. The van der Waals surface area contributed by atoms with Crippen molar-refractivity contribution >= 4 is 68.1 Å². The van der Waals surface area contributed by atoms with Crippen molar-refractivity contribution in [2.24, 2.45) is 0 Å². The smallest absolute Gasteiger partial charge is 0.338 e. The number of anilines is 3. The van der Waals surface area contributed by atoms with Crippen molar-refractivity contribution in [2.75, 3.05) is 24.3 Å². The van der Waals surface area contributed by atoms with Crippen molar-refractivity contribution in [1.29, 1.82) is 0 Å². The molecular weight excluding hydrogens is 677 g/mol. The Hall–Kier alpha value is -2.78. The summed E-state index contributed by atoms with van der Waals surface area (Å²) in [6.45, 7) is 3.41. The zero-order valence-corrected chi connectivity index (χ0v) is 28.8. The summed E-state index contributed by atoms with van der Waals surface area (Å²) in [4.78, 5) is 25.4. The number of para-hydroxylation sites is 2. The van der Waals surface area contributed by atoms with Gasteiger partial charge in [-0.1, -0.05) is 73.7 Å². The van der Waals surface area contributed by atoms with Crippen molar-refractivity contribution in [2.45, 2.75) is 83.2 Å². The van der Waals surface area contributed by atoms with Crippen LogP contribution < -0.4 is 16.4 Å². The Labute approximate surface area is 284 Å². The number of ether oxygens (including phenoxy) is 2. The highest BCUT2D eigenvalue weighted by Gasteiger charge is 2.29. The molecule has 0 bridgehead atoms. The molecule has 45 heavy (non-hydrogen) atoms. The van der Waals surface area contributed by atoms with E-state index in [4.69, 9.17) is 38.4 Å². The van der Waals surface area contributed by atoms with Crippen molar-refractivity contribution in [1.82, 2.24) is 5.32 Å². The van der Waals surface area contributed by atoms with Crippen molar-refractivity contribution < 1.29 is 19.1 Å². The first-order valence-corrected chi connectivity index (χ1v) is 17.2. The molecule has 4 rings (SSSR count). The lowest BCUT2D eigenvalue weighted by molar-refractivity contribution is -0.142. The van der Waals surface area contributed by atoms with Gasteiger partial charge in [0.25, 0.3) is 0 Å². The lowest BCUT2D eigenvalue weighted by Crippen LogP contribution is -2.45. The average Bonchev–Trinajstić information content (AvgIpc) is 3.04. The second-order valence-electron chi connectivity index (χ2n) is 11.6. The molecule has 0 aliphatic heterocycles. The van der Waals surface area contributed by atoms with Crippen LogP contribution in [0.4, 0.5) is 17.1 Å². The Balaban J connectivity index is 1.17. The zero-order valence-electron chi connectivity index (χ0n) is 25.7. The molecule has 0 heterocycles. The summed E-state index contributed by atoms with van der Waals surface area (Å²) in [6, 6.07) is 16.3. The third-order valence-corrected chi connectivity index (χ3v) is 9.74. The fourth-order valence-corrected chi connectivity index (χ4v) is 6.67. The Bertz CT molecular complexity index is 1440. The van der Waals surface area contributed by atoms with Gasteiger partial charge < -0.3 is 25.8 Å². The van der Waals surface area contributed by atoms with Crippen LogP contribution in [-0.4, -0.2) is 30.7 Å². The van der Waals surface area contributed by atoms with Crippen LogP contribution in [-0.2, 0) is 27.2 Å². The first-order chi connectivity index (χ1) is 21.7. The van der Waals surface area contributed by atoms with Gasteiger partial charge in [-0.05, 0) is 95.9 Å². The molecule has 4 N–H and O–H groups in total. The molecule has 3 aromatic carbocycles. The third-order valence-electron chi connectivity index (χ3n) is 8.45. The Kier molecular flexibility index (Phi) is 13.4. The molecule has 1 fully saturated rings. The summed E-state index contributed by atoms with van der Waals surface area (Å²) < 4.78 is 11.7. The Morgan fingerprint density at radius 1 is 0.911 bits per heavy atom. The van der Waals surface area contributed by atoms with Gasteiger partial charge in [-0.25, -0.2) is 4.79 Å². The van der Waals surface area contributed by atoms with E-state index in [9.17, 15) is 9.59 Å². The lowest BCUT2D eigenvalue weighted by atomic mass is 9.79. The molecule has 0 spiro atoms. The van der Waals surface area contributed by atoms with Gasteiger partial charge >= 0.3 is 11.9 Å². The van der Waals surface area contributed by atoms with Crippen LogP contribution in [0.2, 0.25) is 10.0 Å². The number of nitrogen functional groups attached to an aromatic ring is 1. The van der Waals surface area contributed by atoms with Crippen LogP contribution in [0.25, 0.3) is 0 Å². The fraction of sp³-hybridized carbons (Fsp3) is 0.429. The number of carbonyl (C=O) groups is 2. The van der Waals surface area contributed by atoms with Gasteiger partial charge in [-0.15, -0.1) is 0 Å². The lowest BCUT2D eigenvalue weighted by Gasteiger charge is -2.38. The summed E-state index contributed by atoms with van der Waals surface area (Å²) in [5.41, 5.74) is 10.6. The van der Waals surface area contributed by atoms with Gasteiger partial charge in [0.05, 0.1) is 46.6 Å². The Morgan fingerprint density at radius 3 is 2.31 bits per heavy atom. The molecule has 1 saturated carbocycles. The summed E-state index contributed by atoms with van der Waals surface area (Å²) >= 11 is 16.1. The highest BCUT2D eigenvalue weighted by molar-refractivity contribution is 9.10. The normalized spacial score (nSPS) is 14.1. The Morgan fingerprint density at radius 2 is 1.60 bits per heavy atom. The summed E-state index contributed by atoms with van der Waals surface area (Å²) in [7, 11) is 0. The highest BCUT2D eigenvalue weighted by Crippen LogP contribution is 2.34. The molecule has 0 radical (unpaired) electrons. The first kappa shape index (κ1) is 35.1. The van der Waals surface area contributed by atoms with Crippen LogP contribution in [0.15, 0.2) is 59.1 Å². The van der Waals surface area contributed by atoms with Crippen LogP contribution >= 0.6 is 39.1 Å². The number of hydrogen-bond donors (Lipinski definition) is 3. The van der Waals surface area contributed by atoms with Crippen LogP contribution in [0.1, 0.15) is 86.2 Å². The first-order valence-electron chi connectivity index (χ1n) is 15.7. The molecule has 3 aromatic rings. The summed E-state index contributed by atoms with van der Waals surface area (Å²) in [5.74, 6) is -0.704. The minimum Gasteiger partial charge on any atom is -0.465 e. The molecule has 10 heteroatoms. The quantitative estimate of drug-likeness (QED) is 0.0818. The van der Waals surface area contributed by atoms with E-state index in [0.29, 0.717) is 57.4 Å². The van der Waals surface area contributed by atoms with Crippen LogP contribution in [0, 0.1) is 0 Å². The van der Waals surface area contributed by atoms with Gasteiger partial charge in [-0.2, -0.15) is 0 Å². The van der Waals surface area contributed by atoms with Gasteiger partial charge in [-0.3, -0.25) is 4.79 Å². The van der Waals surface area contributed by atoms with Gasteiger partial charge in [0, 0.05) is 22.2 Å². The second kappa shape index (κ2) is 17.2. The molecule has 0 amide bonds. The maximum absolute atomic E-state index is 12.8. The largest absolute Gasteiger partial charge is 0.465 e. The predicted octanol–water partition coefficient (Wildman–Crippen LogP) is 9.40. The standard InChI is InChI=1S/C35H42BrCl2N3O4/c1-2-35(16-7-3-8-17-35)40-23-26-20-25(21-27(36)32(26)39)34(43)45-19-10-4-9-18-44-31(42)22-24-12-5-6-15-30(24)41-33-28(37)13-11-14-29(33)38/h5-6,11-15,20-21,40-41H,2-4,7-10,16-19,22-23,39H2,1H3. The van der Waals surface area contributed by atoms with E-state index in [-0.39, 0.29) is 30.5 Å². The van der Waals surface area contributed by atoms with Gasteiger partial charge in [0.2, 0.25) is 0 Å². The molecule has 0 aromatic heterocycles. The number of unbranched alkanes of at least 4 members (excludes halogenated alkanes) is 2. The number of benzene rings is 3. The number of nitrogens with two attached hydrogens (primary N) is 1. The van der Waals surface area contributed by atoms with E-state index in [1.165, 1.54) is 19.3 Å². The topological polar surface area (TPSA) is 103 Å². The van der Waals surface area contributed by atoms with E-state index >= 15 is 0 Å². The fourth-order valence-electron chi connectivity index (χ4n) is 5.68. The van der Waals surface area contributed by atoms with Crippen LogP contribution in [0.5, 0.6) is 0 Å². The molecular formula is C35H42BrCl2N3O4. The van der Waals surface area contributed by atoms with E-state index in [1.54, 1.807) is 24.3 Å². The van der Waals surface area contributed by atoms with Gasteiger partial charge in [0.1, 0.15) is 0 Å². The van der Waals surface area contributed by atoms with Crippen molar-refractivity contribution in [3.63, 3.8) is 0 Å². The second-order valence-corrected chi connectivity index (χ2v) is 13.2. The monoisotopic (exact) mass is 717 g/mol. The van der Waals surface area contributed by atoms with Crippen molar-refractivity contribution in [3.05, 3.63) is 85.8 Å². The minimum absolute atomic E-state index is 0.108. The molecule has 242 valence electrons. The van der Waals surface area contributed by atoms with Crippen LogP contribution in [0.3, 0.4) is 0 Å². The molecule has 0 saturated heterocycles. The number of rotatable bonds is 15. The molecule has 0 atom stereocenters. The molecule has 7 nitrogen and oxygen atoms in total.